The minimum atomic E-state index is 0.656. The molecule has 0 amide bonds. The molecule has 10 unspecified atom stereocenters. The van der Waals surface area contributed by atoms with Crippen molar-refractivity contribution in [2.75, 3.05) is 0 Å². The maximum absolute atomic E-state index is 2.76. The third kappa shape index (κ3) is 3.73. The minimum absolute atomic E-state index is 0.656. The fourth-order valence-electron chi connectivity index (χ4n) is 10.5. The quantitative estimate of drug-likeness (QED) is 0.406. The van der Waals surface area contributed by atoms with Gasteiger partial charge in [-0.05, 0) is 115 Å². The molecule has 4 aliphatic carbocycles. The normalized spacial score (nSPS) is 48.0. The molecule has 0 heteroatoms. The maximum Gasteiger partial charge on any atom is -0.0264 e. The van der Waals surface area contributed by atoms with Crippen molar-refractivity contribution in [2.45, 2.75) is 126 Å². The molecule has 4 rings (SSSR count). The first-order chi connectivity index (χ1) is 14.2. The molecule has 0 aromatic carbocycles. The summed E-state index contributed by atoms with van der Waals surface area (Å²) < 4.78 is 0. The van der Waals surface area contributed by atoms with Gasteiger partial charge in [0.25, 0.3) is 0 Å². The lowest BCUT2D eigenvalue weighted by molar-refractivity contribution is -0.127. The zero-order valence-corrected chi connectivity index (χ0v) is 21.7. The number of fused-ring (bicyclic) bond motifs is 5. The van der Waals surface area contributed by atoms with E-state index in [0.717, 1.165) is 53.3 Å². The molecule has 0 aromatic rings. The van der Waals surface area contributed by atoms with Crippen LogP contribution in [0, 0.1) is 64.1 Å². The zero-order chi connectivity index (χ0) is 21.7. The lowest BCUT2D eigenvalue weighted by Gasteiger charge is -2.62. The van der Waals surface area contributed by atoms with Crippen molar-refractivity contribution in [3.63, 3.8) is 0 Å². The molecule has 30 heavy (non-hydrogen) atoms. The van der Waals surface area contributed by atoms with Crippen molar-refractivity contribution >= 4 is 0 Å². The van der Waals surface area contributed by atoms with Crippen LogP contribution in [0.25, 0.3) is 0 Å². The number of rotatable bonds is 6. The highest BCUT2D eigenvalue weighted by atomic mass is 14.7. The van der Waals surface area contributed by atoms with Crippen molar-refractivity contribution in [3.8, 4) is 0 Å². The molecule has 4 aliphatic rings. The Hall–Kier alpha value is 0. The lowest BCUT2D eigenvalue weighted by atomic mass is 9.43. The van der Waals surface area contributed by atoms with E-state index >= 15 is 0 Å². The minimum Gasteiger partial charge on any atom is -0.0651 e. The van der Waals surface area contributed by atoms with Crippen LogP contribution in [0.2, 0.25) is 0 Å². The van der Waals surface area contributed by atoms with Crippen molar-refractivity contribution in [1.29, 1.82) is 0 Å². The van der Waals surface area contributed by atoms with E-state index in [-0.39, 0.29) is 0 Å². The van der Waals surface area contributed by atoms with E-state index in [4.69, 9.17) is 0 Å². The average molecular weight is 415 g/mol. The van der Waals surface area contributed by atoms with Gasteiger partial charge in [-0.2, -0.15) is 0 Å². The standard InChI is InChI=1S/C30H54/c1-8-23(20(2)3)12-11-22(5)26-15-16-27-24-13-14-25-21(4)10-9-18-29(25,6)28(24)17-19-30(26,27)7/h20-28H,8-19H2,1-7H3. The summed E-state index contributed by atoms with van der Waals surface area (Å²) in [5, 5.41) is 0. The molecule has 4 saturated carbocycles. The molecule has 0 aromatic heterocycles. The molecule has 0 bridgehead atoms. The van der Waals surface area contributed by atoms with E-state index < -0.39 is 0 Å². The molecule has 0 nitrogen and oxygen atoms in total. The van der Waals surface area contributed by atoms with Gasteiger partial charge in [-0.3, -0.25) is 0 Å². The lowest BCUT2D eigenvalue weighted by Crippen LogP contribution is -2.54. The molecule has 0 radical (unpaired) electrons. The molecule has 0 heterocycles. The molecule has 0 aliphatic heterocycles. The van der Waals surface area contributed by atoms with E-state index in [1.165, 1.54) is 32.1 Å². The van der Waals surface area contributed by atoms with Crippen LogP contribution in [0.1, 0.15) is 126 Å². The summed E-state index contributed by atoms with van der Waals surface area (Å²) >= 11 is 0. The van der Waals surface area contributed by atoms with E-state index in [9.17, 15) is 0 Å². The summed E-state index contributed by atoms with van der Waals surface area (Å²) in [5.74, 6) is 8.93. The highest BCUT2D eigenvalue weighted by Crippen LogP contribution is 2.68. The summed E-state index contributed by atoms with van der Waals surface area (Å²) in [6, 6.07) is 0. The Morgan fingerprint density at radius 1 is 0.767 bits per heavy atom. The van der Waals surface area contributed by atoms with Gasteiger partial charge in [-0.25, -0.2) is 0 Å². The first-order valence-electron chi connectivity index (χ1n) is 14.2. The second-order valence-electron chi connectivity index (χ2n) is 13.6. The first-order valence-corrected chi connectivity index (χ1v) is 14.2. The second kappa shape index (κ2) is 8.74. The summed E-state index contributed by atoms with van der Waals surface area (Å²) in [4.78, 5) is 0. The molecule has 10 atom stereocenters. The Morgan fingerprint density at radius 3 is 2.17 bits per heavy atom. The van der Waals surface area contributed by atoms with Gasteiger partial charge < -0.3 is 0 Å². The van der Waals surface area contributed by atoms with Crippen LogP contribution < -0.4 is 0 Å². The predicted octanol–water partition coefficient (Wildman–Crippen LogP) is 9.38. The average Bonchev–Trinajstić information content (AvgIpc) is 3.05. The number of hydrogen-bond acceptors (Lipinski definition) is 0. The van der Waals surface area contributed by atoms with Gasteiger partial charge in [0.2, 0.25) is 0 Å². The topological polar surface area (TPSA) is 0 Å². The molecular formula is C30H54. The fourth-order valence-corrected chi connectivity index (χ4v) is 10.5. The summed E-state index contributed by atoms with van der Waals surface area (Å²) in [7, 11) is 0. The monoisotopic (exact) mass is 414 g/mol. The molecule has 0 spiro atoms. The Bertz CT molecular complexity index is 577. The van der Waals surface area contributed by atoms with Gasteiger partial charge in [0, 0.05) is 0 Å². The van der Waals surface area contributed by atoms with Gasteiger partial charge in [0.05, 0.1) is 0 Å². The Labute approximate surface area is 189 Å². The van der Waals surface area contributed by atoms with E-state index in [2.05, 4.69) is 48.5 Å². The van der Waals surface area contributed by atoms with E-state index in [1.54, 1.807) is 44.9 Å². The van der Waals surface area contributed by atoms with Crippen LogP contribution in [0.15, 0.2) is 0 Å². The van der Waals surface area contributed by atoms with Gasteiger partial charge in [0.1, 0.15) is 0 Å². The third-order valence-electron chi connectivity index (χ3n) is 12.2. The van der Waals surface area contributed by atoms with Gasteiger partial charge in [-0.1, -0.05) is 74.1 Å². The second-order valence-corrected chi connectivity index (χ2v) is 13.6. The molecule has 0 N–H and O–H groups in total. The van der Waals surface area contributed by atoms with Crippen molar-refractivity contribution < 1.29 is 0 Å². The van der Waals surface area contributed by atoms with Crippen molar-refractivity contribution in [3.05, 3.63) is 0 Å². The smallest absolute Gasteiger partial charge is 0.0264 e. The zero-order valence-electron chi connectivity index (χ0n) is 21.7. The van der Waals surface area contributed by atoms with Crippen LogP contribution in [-0.4, -0.2) is 0 Å². The summed E-state index contributed by atoms with van der Waals surface area (Å²) in [6.07, 6.45) is 18.2. The van der Waals surface area contributed by atoms with Gasteiger partial charge in [0.15, 0.2) is 0 Å². The molecular weight excluding hydrogens is 360 g/mol. The van der Waals surface area contributed by atoms with Crippen LogP contribution in [0.5, 0.6) is 0 Å². The first kappa shape index (κ1) is 23.2. The predicted molar refractivity (Wildman–Crippen MR) is 131 cm³/mol. The van der Waals surface area contributed by atoms with Crippen LogP contribution in [0.3, 0.4) is 0 Å². The van der Waals surface area contributed by atoms with Crippen molar-refractivity contribution in [1.82, 2.24) is 0 Å². The Balaban J connectivity index is 1.46. The fraction of sp³-hybridized carbons (Fsp3) is 1.00. The SMILES string of the molecule is CCC(CCC(C)C1CCC2C3CCC4C(C)CCCC4(C)C3CCC12C)C(C)C. The molecule has 0 saturated heterocycles. The maximum atomic E-state index is 2.76. The highest BCUT2D eigenvalue weighted by molar-refractivity contribution is 5.09. The van der Waals surface area contributed by atoms with Crippen LogP contribution >= 0.6 is 0 Å². The molecule has 4 fully saturated rings. The third-order valence-corrected chi connectivity index (χ3v) is 12.2. The number of hydrogen-bond donors (Lipinski definition) is 0. The Kier molecular flexibility index (Phi) is 6.75. The van der Waals surface area contributed by atoms with E-state index in [1.807, 2.05) is 0 Å². The highest BCUT2D eigenvalue weighted by Gasteiger charge is 2.60. The molecule has 174 valence electrons. The van der Waals surface area contributed by atoms with Gasteiger partial charge >= 0.3 is 0 Å². The van der Waals surface area contributed by atoms with Crippen molar-refractivity contribution in [2.24, 2.45) is 64.1 Å². The summed E-state index contributed by atoms with van der Waals surface area (Å²) in [6.45, 7) is 18.0. The summed E-state index contributed by atoms with van der Waals surface area (Å²) in [5.41, 5.74) is 1.33. The van der Waals surface area contributed by atoms with Crippen LogP contribution in [-0.2, 0) is 0 Å². The van der Waals surface area contributed by atoms with E-state index in [0.29, 0.717) is 10.8 Å². The van der Waals surface area contributed by atoms with Gasteiger partial charge in [-0.15, -0.1) is 0 Å². The largest absolute Gasteiger partial charge is 0.0651 e. The van der Waals surface area contributed by atoms with Crippen LogP contribution in [0.4, 0.5) is 0 Å². The Morgan fingerprint density at radius 2 is 1.47 bits per heavy atom.